The monoisotopic (exact) mass is 270 g/mol. The molecule has 1 aromatic carbocycles. The highest BCUT2D eigenvalue weighted by molar-refractivity contribution is 5.86. The number of aromatic amines is 1. The van der Waals surface area contributed by atoms with Crippen molar-refractivity contribution in [2.45, 2.75) is 6.42 Å². The smallest absolute Gasteiger partial charge is 0.356 e. The highest BCUT2D eigenvalue weighted by atomic mass is 19.2. The van der Waals surface area contributed by atoms with Gasteiger partial charge in [-0.15, -0.1) is 0 Å². The third-order valence-corrected chi connectivity index (χ3v) is 2.51. The van der Waals surface area contributed by atoms with Gasteiger partial charge in [-0.2, -0.15) is 0 Å². The van der Waals surface area contributed by atoms with Crippen molar-refractivity contribution in [1.82, 2.24) is 9.97 Å². The number of esters is 1. The standard InChI is InChI=1S/C12H9F3N2O2/c1-19-12(18)8-5-16-9(17-8)4-6-2-3-7(13)11(15)10(6)14/h2-3,5H,4H2,1H3,(H,16,17). The second-order valence-electron chi connectivity index (χ2n) is 3.75. The first-order valence-electron chi connectivity index (χ1n) is 5.27. The molecule has 4 nitrogen and oxygen atoms in total. The second-order valence-corrected chi connectivity index (χ2v) is 3.75. The van der Waals surface area contributed by atoms with Crippen LogP contribution in [0.5, 0.6) is 0 Å². The molecule has 0 aliphatic rings. The Bertz CT molecular complexity index is 625. The Morgan fingerprint density at radius 1 is 1.32 bits per heavy atom. The molecule has 0 amide bonds. The number of nitrogens with zero attached hydrogens (tertiary/aromatic N) is 1. The van der Waals surface area contributed by atoms with E-state index in [2.05, 4.69) is 14.7 Å². The van der Waals surface area contributed by atoms with E-state index in [1.54, 1.807) is 0 Å². The van der Waals surface area contributed by atoms with E-state index < -0.39 is 23.4 Å². The van der Waals surface area contributed by atoms with Gasteiger partial charge in [0, 0.05) is 6.42 Å². The lowest BCUT2D eigenvalue weighted by atomic mass is 10.1. The minimum absolute atomic E-state index is 0.0651. The summed E-state index contributed by atoms with van der Waals surface area (Å²) in [7, 11) is 1.21. The number of halogens is 3. The Hall–Kier alpha value is -2.31. The maximum Gasteiger partial charge on any atom is 0.356 e. The Balaban J connectivity index is 2.24. The lowest BCUT2D eigenvalue weighted by Crippen LogP contribution is -2.03. The molecule has 1 heterocycles. The molecular formula is C12H9F3N2O2. The predicted molar refractivity (Wildman–Crippen MR) is 59.0 cm³/mol. The number of rotatable bonds is 3. The molecule has 0 bridgehead atoms. The Kier molecular flexibility index (Phi) is 3.55. The largest absolute Gasteiger partial charge is 0.464 e. The third-order valence-electron chi connectivity index (χ3n) is 2.51. The Morgan fingerprint density at radius 3 is 2.74 bits per heavy atom. The summed E-state index contributed by atoms with van der Waals surface area (Å²) in [6.45, 7) is 0. The molecule has 0 spiro atoms. The van der Waals surface area contributed by atoms with Crippen molar-refractivity contribution in [2.75, 3.05) is 7.11 Å². The third kappa shape index (κ3) is 2.59. The normalized spacial score (nSPS) is 10.5. The maximum absolute atomic E-state index is 13.4. The van der Waals surface area contributed by atoms with Gasteiger partial charge in [0.2, 0.25) is 0 Å². The number of ether oxygens (including phenoxy) is 1. The number of hydrogen-bond acceptors (Lipinski definition) is 3. The lowest BCUT2D eigenvalue weighted by Gasteiger charge is -2.02. The summed E-state index contributed by atoms with van der Waals surface area (Å²) in [4.78, 5) is 17.6. The van der Waals surface area contributed by atoms with Crippen molar-refractivity contribution in [3.63, 3.8) is 0 Å². The fourth-order valence-corrected chi connectivity index (χ4v) is 1.55. The number of nitrogens with one attached hydrogen (secondary N) is 1. The highest BCUT2D eigenvalue weighted by Gasteiger charge is 2.15. The van der Waals surface area contributed by atoms with Crippen LogP contribution in [-0.2, 0) is 11.2 Å². The van der Waals surface area contributed by atoms with Crippen LogP contribution in [0.4, 0.5) is 13.2 Å². The first-order valence-corrected chi connectivity index (χ1v) is 5.27. The second kappa shape index (κ2) is 5.13. The zero-order chi connectivity index (χ0) is 14.0. The van der Waals surface area contributed by atoms with Crippen LogP contribution in [0.25, 0.3) is 0 Å². The van der Waals surface area contributed by atoms with Crippen molar-refractivity contribution in [3.05, 3.63) is 52.9 Å². The van der Waals surface area contributed by atoms with Crippen molar-refractivity contribution in [2.24, 2.45) is 0 Å². The Morgan fingerprint density at radius 2 is 2.05 bits per heavy atom. The van der Waals surface area contributed by atoms with Gasteiger partial charge in [0.25, 0.3) is 0 Å². The zero-order valence-corrected chi connectivity index (χ0v) is 9.84. The molecule has 2 rings (SSSR count). The van der Waals surface area contributed by atoms with Crippen LogP contribution in [0.1, 0.15) is 21.9 Å². The van der Waals surface area contributed by atoms with E-state index in [-0.39, 0.29) is 23.5 Å². The van der Waals surface area contributed by atoms with Crippen LogP contribution in [-0.4, -0.2) is 23.0 Å². The molecule has 1 N–H and O–H groups in total. The number of hydrogen-bond donors (Lipinski definition) is 1. The van der Waals surface area contributed by atoms with Gasteiger partial charge < -0.3 is 9.72 Å². The van der Waals surface area contributed by atoms with Crippen LogP contribution < -0.4 is 0 Å². The molecule has 0 radical (unpaired) electrons. The summed E-state index contributed by atoms with van der Waals surface area (Å²) in [5.74, 6) is -4.43. The van der Waals surface area contributed by atoms with Crippen LogP contribution in [0, 0.1) is 17.5 Å². The SMILES string of the molecule is COC(=O)c1cnc(Cc2ccc(F)c(F)c2F)[nH]1. The molecule has 100 valence electrons. The minimum atomic E-state index is -1.53. The summed E-state index contributed by atoms with van der Waals surface area (Å²) in [5.41, 5.74) is 0.0326. The average Bonchev–Trinajstić information content (AvgIpc) is 2.87. The summed E-state index contributed by atoms with van der Waals surface area (Å²) >= 11 is 0. The van der Waals surface area contributed by atoms with Gasteiger partial charge in [0.1, 0.15) is 11.5 Å². The minimum Gasteiger partial charge on any atom is -0.464 e. The average molecular weight is 270 g/mol. The van der Waals surface area contributed by atoms with E-state index in [0.717, 1.165) is 12.1 Å². The molecule has 0 fully saturated rings. The van der Waals surface area contributed by atoms with Crippen LogP contribution in [0.2, 0.25) is 0 Å². The summed E-state index contributed by atoms with van der Waals surface area (Å²) in [5, 5.41) is 0. The summed E-state index contributed by atoms with van der Waals surface area (Å²) in [6, 6.07) is 1.95. The van der Waals surface area contributed by atoms with E-state index in [1.165, 1.54) is 13.3 Å². The Labute approximate surface area is 106 Å². The number of carbonyl (C=O) groups excluding carboxylic acids is 1. The predicted octanol–water partition coefficient (Wildman–Crippen LogP) is 2.20. The van der Waals surface area contributed by atoms with Crippen LogP contribution in [0.15, 0.2) is 18.3 Å². The molecule has 0 atom stereocenters. The number of carbonyl (C=O) groups is 1. The van der Waals surface area contributed by atoms with E-state index in [9.17, 15) is 18.0 Å². The van der Waals surface area contributed by atoms with Gasteiger partial charge in [0.05, 0.1) is 13.3 Å². The first kappa shape index (κ1) is 13.1. The van der Waals surface area contributed by atoms with Crippen LogP contribution >= 0.6 is 0 Å². The topological polar surface area (TPSA) is 55.0 Å². The van der Waals surface area contributed by atoms with Crippen molar-refractivity contribution in [1.29, 1.82) is 0 Å². The molecule has 1 aromatic heterocycles. The molecule has 0 saturated carbocycles. The van der Waals surface area contributed by atoms with E-state index in [0.29, 0.717) is 0 Å². The highest BCUT2D eigenvalue weighted by Crippen LogP contribution is 2.17. The number of benzene rings is 1. The molecule has 19 heavy (non-hydrogen) atoms. The lowest BCUT2D eigenvalue weighted by molar-refractivity contribution is 0.0594. The van der Waals surface area contributed by atoms with Gasteiger partial charge >= 0.3 is 5.97 Å². The molecule has 2 aromatic rings. The fraction of sp³-hybridized carbons (Fsp3) is 0.167. The number of aromatic nitrogens is 2. The van der Waals surface area contributed by atoms with Crippen molar-refractivity contribution < 1.29 is 22.7 Å². The molecular weight excluding hydrogens is 261 g/mol. The fourth-order valence-electron chi connectivity index (χ4n) is 1.55. The van der Waals surface area contributed by atoms with E-state index in [1.807, 2.05) is 0 Å². The molecule has 0 unspecified atom stereocenters. The van der Waals surface area contributed by atoms with Crippen molar-refractivity contribution >= 4 is 5.97 Å². The first-order chi connectivity index (χ1) is 9.02. The van der Waals surface area contributed by atoms with Gasteiger partial charge in [0.15, 0.2) is 17.5 Å². The molecule has 0 aliphatic heterocycles. The van der Waals surface area contributed by atoms with E-state index >= 15 is 0 Å². The summed E-state index contributed by atoms with van der Waals surface area (Å²) < 4.78 is 43.7. The molecule has 7 heteroatoms. The van der Waals surface area contributed by atoms with Gasteiger partial charge in [-0.25, -0.2) is 22.9 Å². The van der Waals surface area contributed by atoms with Crippen LogP contribution in [0.3, 0.4) is 0 Å². The number of methoxy groups -OCH3 is 1. The van der Waals surface area contributed by atoms with Gasteiger partial charge in [-0.3, -0.25) is 0 Å². The zero-order valence-electron chi connectivity index (χ0n) is 9.84. The number of imidazole rings is 1. The maximum atomic E-state index is 13.4. The molecule has 0 aliphatic carbocycles. The van der Waals surface area contributed by atoms with E-state index in [4.69, 9.17) is 0 Å². The van der Waals surface area contributed by atoms with Gasteiger partial charge in [-0.1, -0.05) is 6.07 Å². The number of H-pyrrole nitrogens is 1. The molecule has 0 saturated heterocycles. The van der Waals surface area contributed by atoms with Gasteiger partial charge in [-0.05, 0) is 11.6 Å². The quantitative estimate of drug-likeness (QED) is 0.687. The van der Waals surface area contributed by atoms with Crippen molar-refractivity contribution in [3.8, 4) is 0 Å². The summed E-state index contributed by atoms with van der Waals surface area (Å²) in [6.07, 6.45) is 1.12.